The molecule has 3 nitrogen and oxygen atoms in total. The molecule has 0 bridgehead atoms. The number of nitrogens with one attached hydrogen (secondary N) is 1. The van der Waals surface area contributed by atoms with Crippen LogP contribution in [0, 0.1) is 0 Å². The average molecular weight is 228 g/mol. The van der Waals surface area contributed by atoms with Crippen molar-refractivity contribution in [3.8, 4) is 0 Å². The molecule has 1 saturated carbocycles. The molecule has 0 atom stereocenters. The Kier molecular flexibility index (Phi) is 7.39. The van der Waals surface area contributed by atoms with E-state index in [2.05, 4.69) is 5.32 Å². The summed E-state index contributed by atoms with van der Waals surface area (Å²) in [4.78, 5) is 13.4. The van der Waals surface area contributed by atoms with E-state index in [9.17, 15) is 4.79 Å². The van der Waals surface area contributed by atoms with Crippen LogP contribution in [0.25, 0.3) is 0 Å². The summed E-state index contributed by atoms with van der Waals surface area (Å²) in [5.74, 6) is 0.308. The number of carbonyl (C=O) groups is 1. The number of hydrogen-bond acceptors (Lipinski definition) is 2. The van der Waals surface area contributed by atoms with Gasteiger partial charge >= 0.3 is 0 Å². The van der Waals surface area contributed by atoms with Gasteiger partial charge in [0.05, 0.1) is 0 Å². The lowest BCUT2D eigenvalue weighted by atomic mass is 10.2. The van der Waals surface area contributed by atoms with Gasteiger partial charge in [-0.2, -0.15) is 0 Å². The molecule has 0 unspecified atom stereocenters. The zero-order valence-corrected chi connectivity index (χ0v) is 11.6. The normalized spacial score (nSPS) is 20.2. The predicted octanol–water partition coefficient (Wildman–Crippen LogP) is 2.41. The van der Waals surface area contributed by atoms with Crippen LogP contribution in [0.1, 0.15) is 53.9 Å². The molecule has 96 valence electrons. The minimum absolute atomic E-state index is 0.308. The van der Waals surface area contributed by atoms with Crippen LogP contribution < -0.4 is 5.32 Å². The maximum Gasteiger partial charge on any atom is 0.222 e. The van der Waals surface area contributed by atoms with Crippen molar-refractivity contribution in [3.63, 3.8) is 0 Å². The van der Waals surface area contributed by atoms with E-state index < -0.39 is 0 Å². The second-order valence-corrected chi connectivity index (χ2v) is 3.88. The summed E-state index contributed by atoms with van der Waals surface area (Å²) in [6.07, 6.45) is 3.15. The maximum absolute atomic E-state index is 11.4. The number of amides is 1. The van der Waals surface area contributed by atoms with Crippen LogP contribution in [-0.4, -0.2) is 36.0 Å². The number of carbonyl (C=O) groups excluding carboxylic acids is 1. The van der Waals surface area contributed by atoms with Gasteiger partial charge < -0.3 is 10.2 Å². The summed E-state index contributed by atoms with van der Waals surface area (Å²) in [5, 5.41) is 3.48. The summed E-state index contributed by atoms with van der Waals surface area (Å²) in [6, 6.07) is 0. The van der Waals surface area contributed by atoms with E-state index in [1.54, 1.807) is 0 Å². The van der Waals surface area contributed by atoms with Crippen LogP contribution in [-0.2, 0) is 4.79 Å². The minimum Gasteiger partial charge on any atom is -0.340 e. The van der Waals surface area contributed by atoms with E-state index in [0.717, 1.165) is 19.6 Å². The molecule has 3 heteroatoms. The molecular weight excluding hydrogens is 200 g/mol. The SMILES string of the molecule is CC.CC.CCC(=O)N1CCNC2(CC2)C1. The Labute approximate surface area is 101 Å². The Bertz CT molecular complexity index is 200. The third-order valence-electron chi connectivity index (χ3n) is 2.88. The van der Waals surface area contributed by atoms with E-state index in [1.807, 2.05) is 39.5 Å². The zero-order chi connectivity index (χ0) is 12.6. The van der Waals surface area contributed by atoms with Gasteiger partial charge in [-0.3, -0.25) is 4.79 Å². The molecule has 1 aliphatic carbocycles. The predicted molar refractivity (Wildman–Crippen MR) is 69.5 cm³/mol. The van der Waals surface area contributed by atoms with Crippen molar-refractivity contribution in [2.45, 2.75) is 59.4 Å². The Morgan fingerprint density at radius 2 is 1.81 bits per heavy atom. The molecule has 2 rings (SSSR count). The van der Waals surface area contributed by atoms with Crippen molar-refractivity contribution >= 4 is 5.91 Å². The van der Waals surface area contributed by atoms with Crippen LogP contribution in [0.5, 0.6) is 0 Å². The first kappa shape index (κ1) is 15.4. The molecule has 1 amide bonds. The Morgan fingerprint density at radius 1 is 1.25 bits per heavy atom. The Hall–Kier alpha value is -0.570. The second-order valence-electron chi connectivity index (χ2n) is 3.88. The van der Waals surface area contributed by atoms with Crippen molar-refractivity contribution in [2.75, 3.05) is 19.6 Å². The molecule has 2 aliphatic rings. The molecule has 0 aromatic rings. The molecule has 1 saturated heterocycles. The lowest BCUT2D eigenvalue weighted by molar-refractivity contribution is -0.132. The van der Waals surface area contributed by atoms with Gasteiger partial charge in [-0.25, -0.2) is 0 Å². The highest BCUT2D eigenvalue weighted by Crippen LogP contribution is 2.37. The van der Waals surface area contributed by atoms with E-state index >= 15 is 0 Å². The second kappa shape index (κ2) is 7.66. The lowest BCUT2D eigenvalue weighted by Gasteiger charge is -2.33. The van der Waals surface area contributed by atoms with Crippen LogP contribution in [0.3, 0.4) is 0 Å². The van der Waals surface area contributed by atoms with E-state index in [4.69, 9.17) is 0 Å². The molecule has 1 spiro atoms. The summed E-state index contributed by atoms with van der Waals surface area (Å²) >= 11 is 0. The topological polar surface area (TPSA) is 32.3 Å². The van der Waals surface area contributed by atoms with Gasteiger partial charge in [0, 0.05) is 31.6 Å². The number of rotatable bonds is 1. The van der Waals surface area contributed by atoms with Gasteiger partial charge in [0.1, 0.15) is 0 Å². The van der Waals surface area contributed by atoms with Crippen molar-refractivity contribution in [2.24, 2.45) is 0 Å². The van der Waals surface area contributed by atoms with Crippen molar-refractivity contribution in [3.05, 3.63) is 0 Å². The van der Waals surface area contributed by atoms with Gasteiger partial charge in [-0.05, 0) is 12.8 Å². The fourth-order valence-electron chi connectivity index (χ4n) is 1.88. The van der Waals surface area contributed by atoms with Crippen molar-refractivity contribution in [1.29, 1.82) is 0 Å². The number of nitrogens with zero attached hydrogens (tertiary/aromatic N) is 1. The zero-order valence-electron chi connectivity index (χ0n) is 11.6. The molecule has 0 aromatic carbocycles. The Balaban J connectivity index is 0.000000509. The summed E-state index contributed by atoms with van der Waals surface area (Å²) in [7, 11) is 0. The van der Waals surface area contributed by atoms with Crippen LogP contribution in [0.4, 0.5) is 0 Å². The average Bonchev–Trinajstić information content (AvgIpc) is 3.12. The third kappa shape index (κ3) is 4.12. The van der Waals surface area contributed by atoms with Crippen LogP contribution >= 0.6 is 0 Å². The van der Waals surface area contributed by atoms with Gasteiger partial charge in [-0.15, -0.1) is 0 Å². The van der Waals surface area contributed by atoms with Gasteiger partial charge in [0.25, 0.3) is 0 Å². The molecular formula is C13H28N2O. The fourth-order valence-corrected chi connectivity index (χ4v) is 1.88. The van der Waals surface area contributed by atoms with Crippen LogP contribution in [0.2, 0.25) is 0 Å². The molecule has 16 heavy (non-hydrogen) atoms. The highest BCUT2D eigenvalue weighted by Gasteiger charge is 2.46. The first-order chi connectivity index (χ1) is 7.76. The molecule has 0 radical (unpaired) electrons. The maximum atomic E-state index is 11.4. The number of hydrogen-bond donors (Lipinski definition) is 1. The highest BCUT2D eigenvalue weighted by molar-refractivity contribution is 5.76. The lowest BCUT2D eigenvalue weighted by Crippen LogP contribution is -2.54. The number of piperazine rings is 1. The van der Waals surface area contributed by atoms with Gasteiger partial charge in [-0.1, -0.05) is 34.6 Å². The monoisotopic (exact) mass is 228 g/mol. The summed E-state index contributed by atoms with van der Waals surface area (Å²) < 4.78 is 0. The van der Waals surface area contributed by atoms with E-state index in [1.165, 1.54) is 12.8 Å². The molecule has 2 fully saturated rings. The standard InChI is InChI=1S/C9H16N2O.2C2H6/c1-2-8(12)11-6-5-10-9(7-11)3-4-9;2*1-2/h10H,2-7H2,1H3;2*1-2H3. The summed E-state index contributed by atoms with van der Waals surface area (Å²) in [6.45, 7) is 12.8. The first-order valence-electron chi connectivity index (χ1n) is 6.79. The van der Waals surface area contributed by atoms with Crippen LogP contribution in [0.15, 0.2) is 0 Å². The minimum atomic E-state index is 0.308. The first-order valence-corrected chi connectivity index (χ1v) is 6.79. The Morgan fingerprint density at radius 3 is 2.25 bits per heavy atom. The fraction of sp³-hybridized carbons (Fsp3) is 0.923. The highest BCUT2D eigenvalue weighted by atomic mass is 16.2. The van der Waals surface area contributed by atoms with Crippen molar-refractivity contribution < 1.29 is 4.79 Å². The molecule has 1 N–H and O–H groups in total. The van der Waals surface area contributed by atoms with Crippen molar-refractivity contribution in [1.82, 2.24) is 10.2 Å². The molecule has 1 heterocycles. The van der Waals surface area contributed by atoms with Gasteiger partial charge in [0.2, 0.25) is 5.91 Å². The third-order valence-corrected chi connectivity index (χ3v) is 2.88. The molecule has 1 aliphatic heterocycles. The van der Waals surface area contributed by atoms with Gasteiger partial charge in [0.15, 0.2) is 0 Å². The quantitative estimate of drug-likeness (QED) is 0.747. The molecule has 0 aromatic heterocycles. The summed E-state index contributed by atoms with van der Waals surface area (Å²) in [5.41, 5.74) is 0.336. The largest absolute Gasteiger partial charge is 0.340 e. The van der Waals surface area contributed by atoms with E-state index in [0.29, 0.717) is 17.9 Å². The smallest absolute Gasteiger partial charge is 0.222 e. The van der Waals surface area contributed by atoms with E-state index in [-0.39, 0.29) is 0 Å².